The van der Waals surface area contributed by atoms with Gasteiger partial charge in [0.1, 0.15) is 11.9 Å². The van der Waals surface area contributed by atoms with Crippen LogP contribution in [0.2, 0.25) is 0 Å². The first-order valence-electron chi connectivity index (χ1n) is 7.23. The molecule has 0 aliphatic carbocycles. The van der Waals surface area contributed by atoms with Crippen LogP contribution >= 0.6 is 0 Å². The molecule has 0 spiro atoms. The minimum Gasteiger partial charge on any atom is -0.394 e. The molecular formula is C14H27N5O. The monoisotopic (exact) mass is 281 g/mol. The van der Waals surface area contributed by atoms with E-state index in [1.807, 2.05) is 18.5 Å². The summed E-state index contributed by atoms with van der Waals surface area (Å²) in [4.78, 5) is 12.0. The summed E-state index contributed by atoms with van der Waals surface area (Å²) in [7, 11) is 0. The Kier molecular flexibility index (Phi) is 5.85. The second kappa shape index (κ2) is 7.17. The first-order chi connectivity index (χ1) is 9.36. The molecule has 1 rings (SSSR count). The Morgan fingerprint density at radius 2 is 2.05 bits per heavy atom. The molecule has 1 heterocycles. The van der Waals surface area contributed by atoms with Crippen molar-refractivity contribution in [2.75, 3.05) is 17.6 Å². The number of nitrogens with one attached hydrogen (secondary N) is 2. The Morgan fingerprint density at radius 3 is 2.60 bits per heavy atom. The molecule has 0 bridgehead atoms. The minimum atomic E-state index is -0.345. The van der Waals surface area contributed by atoms with Crippen molar-refractivity contribution in [2.45, 2.75) is 53.6 Å². The van der Waals surface area contributed by atoms with Gasteiger partial charge >= 0.3 is 0 Å². The highest BCUT2D eigenvalue weighted by Gasteiger charge is 2.18. The predicted octanol–water partition coefficient (Wildman–Crippen LogP) is 1.76. The summed E-state index contributed by atoms with van der Waals surface area (Å²) in [5, 5.41) is 10.5. The number of aryl methyl sites for hydroxylation is 2. The van der Waals surface area contributed by atoms with Gasteiger partial charge in [-0.2, -0.15) is 5.10 Å². The van der Waals surface area contributed by atoms with Crippen LogP contribution in [0, 0.1) is 12.8 Å². The van der Waals surface area contributed by atoms with Gasteiger partial charge in [0.15, 0.2) is 0 Å². The van der Waals surface area contributed by atoms with Gasteiger partial charge < -0.3 is 16.4 Å². The molecule has 0 saturated heterocycles. The van der Waals surface area contributed by atoms with E-state index >= 15 is 0 Å². The molecule has 1 atom stereocenters. The maximum atomic E-state index is 12.0. The topological polar surface area (TPSA) is 85.0 Å². The summed E-state index contributed by atoms with van der Waals surface area (Å²) in [6.07, 6.45) is 0.961. The van der Waals surface area contributed by atoms with Crippen LogP contribution in [0.1, 0.15) is 39.8 Å². The molecule has 0 saturated carbocycles. The van der Waals surface area contributed by atoms with E-state index in [0.717, 1.165) is 24.5 Å². The van der Waals surface area contributed by atoms with Crippen LogP contribution in [0.15, 0.2) is 0 Å². The number of nitrogen functional groups attached to an aromatic ring is 1. The molecule has 0 aliphatic heterocycles. The molecular weight excluding hydrogens is 254 g/mol. The number of carbonyl (C=O) groups is 1. The zero-order valence-corrected chi connectivity index (χ0v) is 13.2. The average molecular weight is 281 g/mol. The van der Waals surface area contributed by atoms with E-state index < -0.39 is 0 Å². The Hall–Kier alpha value is -1.72. The molecule has 1 aromatic heterocycles. The lowest BCUT2D eigenvalue weighted by atomic mass is 10.2. The highest BCUT2D eigenvalue weighted by molar-refractivity contribution is 5.85. The molecule has 20 heavy (non-hydrogen) atoms. The number of hydrogen-bond acceptors (Lipinski definition) is 4. The van der Waals surface area contributed by atoms with E-state index in [1.54, 1.807) is 0 Å². The third kappa shape index (κ3) is 4.15. The molecule has 0 radical (unpaired) electrons. The number of nitrogens with zero attached hydrogens (tertiary/aromatic N) is 2. The molecule has 0 aliphatic rings. The molecule has 4 N–H and O–H groups in total. The molecule has 6 heteroatoms. The van der Waals surface area contributed by atoms with Crippen molar-refractivity contribution in [3.05, 3.63) is 5.69 Å². The average Bonchev–Trinajstić information content (AvgIpc) is 2.64. The fraction of sp³-hybridized carbons (Fsp3) is 0.714. The highest BCUT2D eigenvalue weighted by atomic mass is 16.2. The normalized spacial score (nSPS) is 12.5. The van der Waals surface area contributed by atoms with Gasteiger partial charge in [-0.3, -0.25) is 4.79 Å². The van der Waals surface area contributed by atoms with Crippen LogP contribution in [0.3, 0.4) is 0 Å². The van der Waals surface area contributed by atoms with E-state index in [1.165, 1.54) is 0 Å². The molecule has 6 nitrogen and oxygen atoms in total. The van der Waals surface area contributed by atoms with Crippen molar-refractivity contribution < 1.29 is 4.79 Å². The van der Waals surface area contributed by atoms with Crippen LogP contribution in [-0.2, 0) is 11.3 Å². The summed E-state index contributed by atoms with van der Waals surface area (Å²) >= 11 is 0. The lowest BCUT2D eigenvalue weighted by molar-refractivity contribution is -0.121. The van der Waals surface area contributed by atoms with Crippen molar-refractivity contribution >= 4 is 17.4 Å². The third-order valence-electron chi connectivity index (χ3n) is 3.04. The largest absolute Gasteiger partial charge is 0.394 e. The summed E-state index contributed by atoms with van der Waals surface area (Å²) in [5.74, 6) is 1.14. The standard InChI is InChI=1S/C14H27N5O/c1-6-7-19-13(12(15)10(4)18-19)17-11(5)14(20)16-8-9(2)3/h9,11,17H,6-8,15H2,1-5H3,(H,16,20). The van der Waals surface area contributed by atoms with E-state index in [0.29, 0.717) is 18.2 Å². The van der Waals surface area contributed by atoms with E-state index in [9.17, 15) is 4.79 Å². The molecule has 0 fully saturated rings. The SMILES string of the molecule is CCCn1nc(C)c(N)c1NC(C)C(=O)NCC(C)C. The van der Waals surface area contributed by atoms with Gasteiger partial charge in [0.2, 0.25) is 5.91 Å². The van der Waals surface area contributed by atoms with Crippen molar-refractivity contribution in [1.29, 1.82) is 0 Å². The summed E-state index contributed by atoms with van der Waals surface area (Å²) in [6.45, 7) is 11.4. The minimum absolute atomic E-state index is 0.0278. The van der Waals surface area contributed by atoms with Crippen molar-refractivity contribution in [2.24, 2.45) is 5.92 Å². The smallest absolute Gasteiger partial charge is 0.242 e. The van der Waals surface area contributed by atoms with Gasteiger partial charge in [0, 0.05) is 13.1 Å². The van der Waals surface area contributed by atoms with Crippen LogP contribution in [-0.4, -0.2) is 28.3 Å². The Balaban J connectivity index is 2.74. The number of nitrogens with two attached hydrogens (primary N) is 1. The summed E-state index contributed by atoms with van der Waals surface area (Å²) in [5.41, 5.74) is 7.43. The zero-order chi connectivity index (χ0) is 15.3. The van der Waals surface area contributed by atoms with Gasteiger partial charge in [-0.05, 0) is 26.2 Å². The molecule has 1 aromatic rings. The summed E-state index contributed by atoms with van der Waals surface area (Å²) < 4.78 is 1.83. The lowest BCUT2D eigenvalue weighted by Crippen LogP contribution is -2.39. The van der Waals surface area contributed by atoms with Crippen molar-refractivity contribution in [1.82, 2.24) is 15.1 Å². The summed E-state index contributed by atoms with van der Waals surface area (Å²) in [6, 6.07) is -0.345. The Morgan fingerprint density at radius 1 is 1.40 bits per heavy atom. The first kappa shape index (κ1) is 16.3. The van der Waals surface area contributed by atoms with Crippen molar-refractivity contribution in [3.8, 4) is 0 Å². The van der Waals surface area contributed by atoms with Crippen LogP contribution < -0.4 is 16.4 Å². The zero-order valence-electron chi connectivity index (χ0n) is 13.2. The number of amides is 1. The van der Waals surface area contributed by atoms with Crippen LogP contribution in [0.25, 0.3) is 0 Å². The Labute approximate surface area is 121 Å². The second-order valence-electron chi connectivity index (χ2n) is 5.58. The lowest BCUT2D eigenvalue weighted by Gasteiger charge is -2.17. The number of carbonyl (C=O) groups excluding carboxylic acids is 1. The van der Waals surface area contributed by atoms with E-state index in [2.05, 4.69) is 36.5 Å². The van der Waals surface area contributed by atoms with Gasteiger partial charge in [-0.25, -0.2) is 4.68 Å². The van der Waals surface area contributed by atoms with Crippen LogP contribution in [0.5, 0.6) is 0 Å². The quantitative estimate of drug-likeness (QED) is 0.711. The van der Waals surface area contributed by atoms with Crippen molar-refractivity contribution in [3.63, 3.8) is 0 Å². The molecule has 1 amide bonds. The molecule has 0 aromatic carbocycles. The highest BCUT2D eigenvalue weighted by Crippen LogP contribution is 2.23. The maximum absolute atomic E-state index is 12.0. The fourth-order valence-corrected chi connectivity index (χ4v) is 1.85. The maximum Gasteiger partial charge on any atom is 0.242 e. The van der Waals surface area contributed by atoms with Gasteiger partial charge in [-0.15, -0.1) is 0 Å². The Bertz CT molecular complexity index is 453. The fourth-order valence-electron chi connectivity index (χ4n) is 1.85. The second-order valence-corrected chi connectivity index (χ2v) is 5.58. The number of rotatable bonds is 7. The van der Waals surface area contributed by atoms with Gasteiger partial charge in [0.25, 0.3) is 0 Å². The van der Waals surface area contributed by atoms with Gasteiger partial charge in [-0.1, -0.05) is 20.8 Å². The van der Waals surface area contributed by atoms with Gasteiger partial charge in [0.05, 0.1) is 11.4 Å². The van der Waals surface area contributed by atoms with E-state index in [-0.39, 0.29) is 11.9 Å². The number of anilines is 2. The first-order valence-corrected chi connectivity index (χ1v) is 7.23. The van der Waals surface area contributed by atoms with Crippen LogP contribution in [0.4, 0.5) is 11.5 Å². The third-order valence-corrected chi connectivity index (χ3v) is 3.04. The van der Waals surface area contributed by atoms with E-state index in [4.69, 9.17) is 5.73 Å². The molecule has 1 unspecified atom stereocenters. The predicted molar refractivity (Wildman–Crippen MR) is 82.6 cm³/mol. The molecule has 114 valence electrons. The number of hydrogen-bond donors (Lipinski definition) is 3. The number of aromatic nitrogens is 2.